The Morgan fingerprint density at radius 2 is 1.58 bits per heavy atom. The second-order valence-electron chi connectivity index (χ2n) is 11.4. The van der Waals surface area contributed by atoms with Crippen LogP contribution in [-0.2, 0) is 4.79 Å². The van der Waals surface area contributed by atoms with Crippen LogP contribution in [0.2, 0.25) is 0 Å². The minimum absolute atomic E-state index is 0.0313. The van der Waals surface area contributed by atoms with Crippen LogP contribution in [0.3, 0.4) is 0 Å². The van der Waals surface area contributed by atoms with E-state index in [0.717, 1.165) is 16.1 Å². The maximum absolute atomic E-state index is 13.5. The van der Waals surface area contributed by atoms with Crippen molar-refractivity contribution in [1.82, 2.24) is 10.2 Å². The van der Waals surface area contributed by atoms with Crippen molar-refractivity contribution in [1.29, 1.82) is 0 Å². The third-order valence-electron chi connectivity index (χ3n) is 7.93. The number of carboxylic acids is 1. The summed E-state index contributed by atoms with van der Waals surface area (Å²) in [5.74, 6) is -1.83. The van der Waals surface area contributed by atoms with Gasteiger partial charge in [-0.15, -0.1) is 11.3 Å². The molecule has 0 radical (unpaired) electrons. The quantitative estimate of drug-likeness (QED) is 0.210. The number of hydrogen-bond donors (Lipinski definition) is 3. The first-order valence-corrected chi connectivity index (χ1v) is 15.7. The van der Waals surface area contributed by atoms with Crippen molar-refractivity contribution >= 4 is 46.4 Å². The fraction of sp³-hybridized carbons (Fsp3) is 0.257. The Kier molecular flexibility index (Phi) is 9.63. The number of carbonyl (C=O) groups is 4. The largest absolute Gasteiger partial charge is 0.481 e. The summed E-state index contributed by atoms with van der Waals surface area (Å²) < 4.78 is 0. The summed E-state index contributed by atoms with van der Waals surface area (Å²) in [6, 6.07) is 24.2. The Balaban J connectivity index is 1.44. The smallest absolute Gasteiger partial charge is 0.305 e. The first-order chi connectivity index (χ1) is 21.6. The predicted molar refractivity (Wildman–Crippen MR) is 176 cm³/mol. The highest BCUT2D eigenvalue weighted by molar-refractivity contribution is 7.10. The van der Waals surface area contributed by atoms with Crippen molar-refractivity contribution in [3.63, 3.8) is 0 Å². The number of carbonyl (C=O) groups excluding carboxylic acids is 3. The monoisotopic (exact) mass is 624 g/mol. The molecule has 1 aliphatic rings. The van der Waals surface area contributed by atoms with Crippen LogP contribution in [0.15, 0.2) is 90.3 Å². The van der Waals surface area contributed by atoms with Gasteiger partial charge >= 0.3 is 5.97 Å². The zero-order valence-corrected chi connectivity index (χ0v) is 26.2. The molecule has 1 saturated heterocycles. The second-order valence-corrected chi connectivity index (χ2v) is 12.3. The minimum atomic E-state index is -1.02. The van der Waals surface area contributed by atoms with E-state index in [2.05, 4.69) is 15.5 Å². The molecule has 3 atom stereocenters. The molecule has 4 aromatic rings. The van der Waals surface area contributed by atoms with Gasteiger partial charge in [-0.3, -0.25) is 19.2 Å². The maximum atomic E-state index is 13.5. The highest BCUT2D eigenvalue weighted by Gasteiger charge is 2.34. The molecule has 9 nitrogen and oxygen atoms in total. The topological polar surface area (TPSA) is 119 Å². The Bertz CT molecular complexity index is 1690. The van der Waals surface area contributed by atoms with E-state index in [4.69, 9.17) is 0 Å². The third kappa shape index (κ3) is 7.41. The van der Waals surface area contributed by atoms with E-state index in [0.29, 0.717) is 29.9 Å². The first kappa shape index (κ1) is 31.5. The number of aliphatic carboxylic acids is 1. The molecule has 1 fully saturated rings. The van der Waals surface area contributed by atoms with Gasteiger partial charge in [0.15, 0.2) is 0 Å². The van der Waals surface area contributed by atoms with Crippen LogP contribution in [0, 0.1) is 6.92 Å². The molecule has 3 amide bonds. The van der Waals surface area contributed by atoms with Gasteiger partial charge in [-0.05, 0) is 74.7 Å². The lowest BCUT2D eigenvalue weighted by Gasteiger charge is -2.45. The Morgan fingerprint density at radius 3 is 2.27 bits per heavy atom. The average molecular weight is 625 g/mol. The van der Waals surface area contributed by atoms with Gasteiger partial charge in [0.2, 0.25) is 0 Å². The summed E-state index contributed by atoms with van der Waals surface area (Å²) in [5.41, 5.74) is 3.51. The number of anilines is 2. The van der Waals surface area contributed by atoms with Gasteiger partial charge in [0.05, 0.1) is 23.8 Å². The summed E-state index contributed by atoms with van der Waals surface area (Å²) in [6.45, 7) is 6.92. The number of thiophene rings is 1. The van der Waals surface area contributed by atoms with Gasteiger partial charge in [0, 0.05) is 46.7 Å². The normalized spacial score (nSPS) is 17.0. The molecule has 10 heteroatoms. The molecule has 45 heavy (non-hydrogen) atoms. The predicted octanol–water partition coefficient (Wildman–Crippen LogP) is 5.99. The third-order valence-corrected chi connectivity index (χ3v) is 8.92. The van der Waals surface area contributed by atoms with Crippen LogP contribution < -0.4 is 15.5 Å². The van der Waals surface area contributed by atoms with Crippen molar-refractivity contribution in [3.05, 3.63) is 117 Å². The van der Waals surface area contributed by atoms with E-state index in [-0.39, 0.29) is 35.9 Å². The summed E-state index contributed by atoms with van der Waals surface area (Å²) in [7, 11) is 0. The standard InChI is InChI=1S/C35H36N4O5S/c1-22-9-7-12-26(17-22)33(42)36-28-18-27(34(43)37-29(19-32(40)41)31-13-8-16-45-31)14-15-30(28)38-20-24(3)39(21-23(38)2)35(44)25-10-5-4-6-11-25/h4-18,23-24,29H,19-21H2,1-3H3,(H,36,42)(H,37,43)(H,40,41). The number of aryl methyl sites for hydroxylation is 1. The molecule has 0 saturated carbocycles. The molecule has 3 aromatic carbocycles. The molecular weight excluding hydrogens is 588 g/mol. The van der Waals surface area contributed by atoms with Gasteiger partial charge in [-0.2, -0.15) is 0 Å². The second kappa shape index (κ2) is 13.8. The molecule has 1 aliphatic heterocycles. The summed E-state index contributed by atoms with van der Waals surface area (Å²) in [6.07, 6.45) is -0.261. The SMILES string of the molecule is Cc1cccc(C(=O)Nc2cc(C(=O)NC(CC(=O)O)c3cccs3)ccc2N2CC(C)N(C(=O)c3ccccc3)CC2C)c1. The lowest BCUT2D eigenvalue weighted by Crippen LogP contribution is -2.58. The first-order valence-electron chi connectivity index (χ1n) is 14.8. The van der Waals surface area contributed by atoms with Crippen LogP contribution in [0.4, 0.5) is 11.4 Å². The molecule has 0 bridgehead atoms. The summed E-state index contributed by atoms with van der Waals surface area (Å²) in [4.78, 5) is 56.5. The number of carboxylic acid groups (broad SMARTS) is 1. The van der Waals surface area contributed by atoms with Gasteiger partial charge in [-0.1, -0.05) is 42.0 Å². The van der Waals surface area contributed by atoms with Crippen molar-refractivity contribution in [2.45, 2.75) is 45.3 Å². The molecule has 5 rings (SSSR count). The van der Waals surface area contributed by atoms with E-state index in [1.54, 1.807) is 36.4 Å². The Labute approximate surface area is 266 Å². The van der Waals surface area contributed by atoms with Crippen LogP contribution in [0.5, 0.6) is 0 Å². The highest BCUT2D eigenvalue weighted by atomic mass is 32.1. The fourth-order valence-corrected chi connectivity index (χ4v) is 6.41. The zero-order valence-electron chi connectivity index (χ0n) is 25.4. The summed E-state index contributed by atoms with van der Waals surface area (Å²) >= 11 is 1.37. The van der Waals surface area contributed by atoms with Crippen molar-refractivity contribution in [3.8, 4) is 0 Å². The molecule has 2 heterocycles. The Morgan fingerprint density at radius 1 is 0.844 bits per heavy atom. The van der Waals surface area contributed by atoms with Crippen LogP contribution in [-0.4, -0.2) is 58.9 Å². The molecule has 0 aliphatic carbocycles. The lowest BCUT2D eigenvalue weighted by molar-refractivity contribution is -0.137. The molecule has 1 aromatic heterocycles. The zero-order chi connectivity index (χ0) is 32.1. The molecule has 0 spiro atoms. The van der Waals surface area contributed by atoms with Crippen LogP contribution >= 0.6 is 11.3 Å². The van der Waals surface area contributed by atoms with Crippen molar-refractivity contribution in [2.24, 2.45) is 0 Å². The fourth-order valence-electron chi connectivity index (χ4n) is 5.63. The Hall–Kier alpha value is -4.96. The molecule has 3 unspecified atom stereocenters. The van der Waals surface area contributed by atoms with Crippen LogP contribution in [0.25, 0.3) is 0 Å². The van der Waals surface area contributed by atoms with E-state index >= 15 is 0 Å². The average Bonchev–Trinajstić information content (AvgIpc) is 3.57. The maximum Gasteiger partial charge on any atom is 0.305 e. The van der Waals surface area contributed by atoms with E-state index in [1.165, 1.54) is 11.3 Å². The van der Waals surface area contributed by atoms with Crippen molar-refractivity contribution in [2.75, 3.05) is 23.3 Å². The van der Waals surface area contributed by atoms with E-state index in [9.17, 15) is 24.3 Å². The van der Waals surface area contributed by atoms with Crippen molar-refractivity contribution < 1.29 is 24.3 Å². The van der Waals surface area contributed by atoms with E-state index in [1.807, 2.05) is 79.6 Å². The lowest BCUT2D eigenvalue weighted by atomic mass is 10.0. The van der Waals surface area contributed by atoms with E-state index < -0.39 is 17.9 Å². The number of nitrogens with one attached hydrogen (secondary N) is 2. The number of benzene rings is 3. The summed E-state index contributed by atoms with van der Waals surface area (Å²) in [5, 5.41) is 17.2. The van der Waals surface area contributed by atoms with Gasteiger partial charge < -0.3 is 25.5 Å². The van der Waals surface area contributed by atoms with Gasteiger partial charge in [-0.25, -0.2) is 0 Å². The number of nitrogens with zero attached hydrogens (tertiary/aromatic N) is 2. The number of hydrogen-bond acceptors (Lipinski definition) is 6. The number of piperazine rings is 1. The van der Waals surface area contributed by atoms with Crippen LogP contribution in [0.1, 0.15) is 67.8 Å². The highest BCUT2D eigenvalue weighted by Crippen LogP contribution is 2.33. The number of rotatable bonds is 9. The van der Waals surface area contributed by atoms with Gasteiger partial charge in [0.1, 0.15) is 0 Å². The number of amides is 3. The molecule has 232 valence electrons. The molecular formula is C35H36N4O5S. The minimum Gasteiger partial charge on any atom is -0.481 e. The molecule has 3 N–H and O–H groups in total. The van der Waals surface area contributed by atoms with Gasteiger partial charge in [0.25, 0.3) is 17.7 Å².